The van der Waals surface area contributed by atoms with Gasteiger partial charge >= 0.3 is 0 Å². The average molecular weight is 352 g/mol. The molecule has 134 valence electrons. The van der Waals surface area contributed by atoms with Crippen LogP contribution in [0.2, 0.25) is 0 Å². The zero-order valence-corrected chi connectivity index (χ0v) is 14.3. The minimum atomic E-state index is -0.0761. The summed E-state index contributed by atoms with van der Waals surface area (Å²) in [6.45, 7) is 1.53. The second-order valence-corrected chi connectivity index (χ2v) is 6.55. The first-order valence-electron chi connectivity index (χ1n) is 8.77. The molecule has 26 heavy (non-hydrogen) atoms. The van der Waals surface area contributed by atoms with Gasteiger partial charge in [-0.15, -0.1) is 0 Å². The Morgan fingerprint density at radius 1 is 1.15 bits per heavy atom. The van der Waals surface area contributed by atoms with Gasteiger partial charge in [-0.25, -0.2) is 0 Å². The second kappa shape index (κ2) is 7.07. The summed E-state index contributed by atoms with van der Waals surface area (Å²) in [4.78, 5) is 26.5. The normalized spacial score (nSPS) is 15.3. The van der Waals surface area contributed by atoms with Gasteiger partial charge in [0, 0.05) is 24.4 Å². The van der Waals surface area contributed by atoms with E-state index in [-0.39, 0.29) is 17.7 Å². The molecule has 0 atom stereocenters. The smallest absolute Gasteiger partial charge is 0.257 e. The molecular weight excluding hydrogens is 332 g/mol. The Kier molecular flexibility index (Phi) is 4.48. The summed E-state index contributed by atoms with van der Waals surface area (Å²) in [6.07, 6.45) is 4.27. The number of nitrogens with zero attached hydrogens (tertiary/aromatic N) is 1. The highest BCUT2D eigenvalue weighted by molar-refractivity contribution is 5.94. The molecule has 1 fully saturated rings. The van der Waals surface area contributed by atoms with E-state index in [1.807, 2.05) is 30.3 Å². The van der Waals surface area contributed by atoms with Crippen molar-refractivity contribution in [3.05, 3.63) is 60.2 Å². The van der Waals surface area contributed by atoms with Crippen LogP contribution in [-0.4, -0.2) is 29.8 Å². The second-order valence-electron chi connectivity index (χ2n) is 6.55. The van der Waals surface area contributed by atoms with Gasteiger partial charge in [0.25, 0.3) is 5.91 Å². The van der Waals surface area contributed by atoms with Crippen LogP contribution in [-0.2, 0) is 11.3 Å². The van der Waals surface area contributed by atoms with Crippen molar-refractivity contribution in [3.63, 3.8) is 0 Å². The van der Waals surface area contributed by atoms with Gasteiger partial charge in [-0.3, -0.25) is 9.59 Å². The summed E-state index contributed by atoms with van der Waals surface area (Å²) in [7, 11) is 0. The number of para-hydroxylation sites is 1. The van der Waals surface area contributed by atoms with Crippen LogP contribution in [0.25, 0.3) is 11.0 Å². The first-order chi connectivity index (χ1) is 12.7. The van der Waals surface area contributed by atoms with Crippen molar-refractivity contribution < 1.29 is 18.4 Å². The standard InChI is InChI=1S/C20H20N2O4/c23-19(21-12-17-11-15-3-1-2-4-18(15)26-17)14-5-8-22(9-6-14)20(24)16-7-10-25-13-16/h1-4,7,10-11,13-14H,5-6,8-9,12H2,(H,21,23). The third-order valence-electron chi connectivity index (χ3n) is 4.83. The van der Waals surface area contributed by atoms with Gasteiger partial charge in [0.2, 0.25) is 5.91 Å². The van der Waals surface area contributed by atoms with Gasteiger partial charge in [0.05, 0.1) is 18.4 Å². The fraction of sp³-hybridized carbons (Fsp3) is 0.300. The van der Waals surface area contributed by atoms with Crippen molar-refractivity contribution in [2.75, 3.05) is 13.1 Å². The van der Waals surface area contributed by atoms with E-state index in [0.717, 1.165) is 16.7 Å². The maximum absolute atomic E-state index is 12.4. The molecule has 0 radical (unpaired) electrons. The van der Waals surface area contributed by atoms with Crippen LogP contribution in [0.15, 0.2) is 57.8 Å². The summed E-state index contributed by atoms with van der Waals surface area (Å²) in [6, 6.07) is 11.4. The van der Waals surface area contributed by atoms with Crippen LogP contribution in [0.3, 0.4) is 0 Å². The fourth-order valence-corrected chi connectivity index (χ4v) is 3.36. The topological polar surface area (TPSA) is 75.7 Å². The summed E-state index contributed by atoms with van der Waals surface area (Å²) in [5, 5.41) is 3.98. The fourth-order valence-electron chi connectivity index (χ4n) is 3.36. The number of rotatable bonds is 4. The van der Waals surface area contributed by atoms with Crippen LogP contribution < -0.4 is 5.32 Å². The largest absolute Gasteiger partial charge is 0.472 e. The Balaban J connectivity index is 1.29. The van der Waals surface area contributed by atoms with E-state index >= 15 is 0 Å². The highest BCUT2D eigenvalue weighted by Gasteiger charge is 2.28. The maximum atomic E-state index is 12.4. The molecule has 6 nitrogen and oxygen atoms in total. The van der Waals surface area contributed by atoms with E-state index < -0.39 is 0 Å². The van der Waals surface area contributed by atoms with Crippen LogP contribution >= 0.6 is 0 Å². The van der Waals surface area contributed by atoms with Crippen molar-refractivity contribution in [3.8, 4) is 0 Å². The number of amides is 2. The third kappa shape index (κ3) is 3.35. The molecule has 3 aromatic rings. The highest BCUT2D eigenvalue weighted by atomic mass is 16.3. The van der Waals surface area contributed by atoms with Gasteiger partial charge in [-0.1, -0.05) is 18.2 Å². The molecule has 0 unspecified atom stereocenters. The number of piperidine rings is 1. The number of fused-ring (bicyclic) bond motifs is 1. The number of hydrogen-bond acceptors (Lipinski definition) is 4. The van der Waals surface area contributed by atoms with Crippen LogP contribution in [0.4, 0.5) is 0 Å². The first-order valence-corrected chi connectivity index (χ1v) is 8.77. The minimum absolute atomic E-state index is 0.0147. The molecule has 0 bridgehead atoms. The Labute approximate surface area is 150 Å². The van der Waals surface area contributed by atoms with E-state index in [1.165, 1.54) is 12.5 Å². The molecule has 6 heteroatoms. The summed E-state index contributed by atoms with van der Waals surface area (Å²) >= 11 is 0. The SMILES string of the molecule is O=C(NCc1cc2ccccc2o1)C1CCN(C(=O)c2ccoc2)CC1. The molecule has 1 N–H and O–H groups in total. The van der Waals surface area contributed by atoms with Crippen molar-refractivity contribution >= 4 is 22.8 Å². The van der Waals surface area contributed by atoms with E-state index in [2.05, 4.69) is 5.32 Å². The summed E-state index contributed by atoms with van der Waals surface area (Å²) in [5.41, 5.74) is 1.38. The summed E-state index contributed by atoms with van der Waals surface area (Å²) in [5.74, 6) is 0.639. The van der Waals surface area contributed by atoms with E-state index in [1.54, 1.807) is 11.0 Å². The Morgan fingerprint density at radius 3 is 2.69 bits per heavy atom. The maximum Gasteiger partial charge on any atom is 0.257 e. The van der Waals surface area contributed by atoms with Gasteiger partial charge in [-0.2, -0.15) is 0 Å². The van der Waals surface area contributed by atoms with Crippen LogP contribution in [0, 0.1) is 5.92 Å². The van der Waals surface area contributed by atoms with E-state index in [0.29, 0.717) is 38.0 Å². The number of carbonyl (C=O) groups excluding carboxylic acids is 2. The number of nitrogens with one attached hydrogen (secondary N) is 1. The van der Waals surface area contributed by atoms with Crippen molar-refractivity contribution in [2.24, 2.45) is 5.92 Å². The van der Waals surface area contributed by atoms with Crippen LogP contribution in [0.5, 0.6) is 0 Å². The number of carbonyl (C=O) groups is 2. The lowest BCUT2D eigenvalue weighted by Crippen LogP contribution is -2.42. The lowest BCUT2D eigenvalue weighted by atomic mass is 9.95. The van der Waals surface area contributed by atoms with Crippen molar-refractivity contribution in [1.29, 1.82) is 0 Å². The van der Waals surface area contributed by atoms with Gasteiger partial charge in [-0.05, 0) is 31.0 Å². The first kappa shape index (κ1) is 16.4. The predicted octanol–water partition coefficient (Wildman–Crippen LogP) is 3.19. The van der Waals surface area contributed by atoms with Gasteiger partial charge in [0.15, 0.2) is 0 Å². The molecule has 1 aliphatic heterocycles. The molecule has 1 saturated heterocycles. The minimum Gasteiger partial charge on any atom is -0.472 e. The summed E-state index contributed by atoms with van der Waals surface area (Å²) < 4.78 is 10.7. The predicted molar refractivity (Wildman–Crippen MR) is 95.4 cm³/mol. The molecule has 0 spiro atoms. The number of hydrogen-bond donors (Lipinski definition) is 1. The monoisotopic (exact) mass is 352 g/mol. The number of likely N-dealkylation sites (tertiary alicyclic amines) is 1. The van der Waals surface area contributed by atoms with Crippen molar-refractivity contribution in [2.45, 2.75) is 19.4 Å². The molecule has 2 amide bonds. The molecule has 1 aromatic carbocycles. The molecule has 3 heterocycles. The Morgan fingerprint density at radius 2 is 1.96 bits per heavy atom. The van der Waals surface area contributed by atoms with Crippen LogP contribution in [0.1, 0.15) is 29.0 Å². The lowest BCUT2D eigenvalue weighted by Gasteiger charge is -2.31. The number of furan rings is 2. The molecule has 2 aromatic heterocycles. The van der Waals surface area contributed by atoms with E-state index in [9.17, 15) is 9.59 Å². The Hall–Kier alpha value is -3.02. The quantitative estimate of drug-likeness (QED) is 0.782. The molecule has 0 saturated carbocycles. The molecule has 0 aliphatic carbocycles. The molecule has 4 rings (SSSR count). The molecular formula is C20H20N2O4. The molecule has 1 aliphatic rings. The lowest BCUT2D eigenvalue weighted by molar-refractivity contribution is -0.126. The van der Waals surface area contributed by atoms with E-state index in [4.69, 9.17) is 8.83 Å². The average Bonchev–Trinajstić information content (AvgIpc) is 3.35. The zero-order chi connectivity index (χ0) is 17.9. The number of benzene rings is 1. The Bertz CT molecular complexity index is 872. The van der Waals surface area contributed by atoms with Gasteiger partial charge < -0.3 is 19.1 Å². The van der Waals surface area contributed by atoms with Gasteiger partial charge in [0.1, 0.15) is 17.6 Å². The highest BCUT2D eigenvalue weighted by Crippen LogP contribution is 2.21. The third-order valence-corrected chi connectivity index (χ3v) is 4.83. The van der Waals surface area contributed by atoms with Crippen molar-refractivity contribution in [1.82, 2.24) is 10.2 Å². The zero-order valence-electron chi connectivity index (χ0n) is 14.3.